The molecule has 1 amide bonds. The van der Waals surface area contributed by atoms with E-state index in [4.69, 9.17) is 4.84 Å². The molecule has 0 aromatic rings. The molecule has 0 atom stereocenters. The number of amides is 1. The van der Waals surface area contributed by atoms with Gasteiger partial charge < -0.3 is 5.11 Å². The second-order valence-electron chi connectivity index (χ2n) is 5.13. The molecular formula is C11H21NO3. The van der Waals surface area contributed by atoms with E-state index in [0.29, 0.717) is 0 Å². The molecule has 1 aliphatic carbocycles. The van der Waals surface area contributed by atoms with Gasteiger partial charge in [-0.15, -0.1) is 0 Å². The second-order valence-corrected chi connectivity index (χ2v) is 5.13. The minimum Gasteiger partial charge on any atom is -0.393 e. The lowest BCUT2D eigenvalue weighted by atomic mass is 9.93. The highest BCUT2D eigenvalue weighted by atomic mass is 16.7. The van der Waals surface area contributed by atoms with Crippen molar-refractivity contribution >= 4 is 6.41 Å². The van der Waals surface area contributed by atoms with Crippen molar-refractivity contribution in [3.05, 3.63) is 0 Å². The van der Waals surface area contributed by atoms with Gasteiger partial charge in [-0.2, -0.15) is 0 Å². The molecule has 4 nitrogen and oxygen atoms in total. The summed E-state index contributed by atoms with van der Waals surface area (Å²) < 4.78 is 0. The Kier molecular flexibility index (Phi) is 4.11. The first kappa shape index (κ1) is 12.5. The summed E-state index contributed by atoms with van der Waals surface area (Å²) in [5.74, 6) is 0. The van der Waals surface area contributed by atoms with Crippen molar-refractivity contribution in [2.24, 2.45) is 0 Å². The Labute approximate surface area is 91.2 Å². The number of hydroxylamine groups is 2. The fourth-order valence-corrected chi connectivity index (χ4v) is 1.81. The van der Waals surface area contributed by atoms with E-state index in [1.54, 1.807) is 0 Å². The second kappa shape index (κ2) is 4.94. The van der Waals surface area contributed by atoms with E-state index < -0.39 is 0 Å². The summed E-state index contributed by atoms with van der Waals surface area (Å²) in [5, 5.41) is 10.8. The molecule has 1 aliphatic rings. The Morgan fingerprint density at radius 3 is 2.20 bits per heavy atom. The van der Waals surface area contributed by atoms with Crippen LogP contribution in [0.5, 0.6) is 0 Å². The smallest absolute Gasteiger partial charge is 0.233 e. The van der Waals surface area contributed by atoms with E-state index in [1.165, 1.54) is 5.06 Å². The molecule has 4 heteroatoms. The molecule has 0 aromatic heterocycles. The summed E-state index contributed by atoms with van der Waals surface area (Å²) in [6.07, 6.45) is 3.68. The van der Waals surface area contributed by atoms with Gasteiger partial charge in [-0.1, -0.05) is 0 Å². The topological polar surface area (TPSA) is 49.8 Å². The van der Waals surface area contributed by atoms with Gasteiger partial charge in [0.25, 0.3) is 0 Å². The first-order valence-corrected chi connectivity index (χ1v) is 5.53. The zero-order chi connectivity index (χ0) is 11.5. The zero-order valence-electron chi connectivity index (χ0n) is 9.77. The van der Waals surface area contributed by atoms with Crippen LogP contribution >= 0.6 is 0 Å². The maximum absolute atomic E-state index is 10.9. The molecular weight excluding hydrogens is 194 g/mol. The number of nitrogens with zero attached hydrogens (tertiary/aromatic N) is 1. The van der Waals surface area contributed by atoms with Crippen molar-refractivity contribution in [2.75, 3.05) is 0 Å². The Hall–Kier alpha value is -0.610. The van der Waals surface area contributed by atoms with Crippen LogP contribution in [0.4, 0.5) is 0 Å². The average molecular weight is 215 g/mol. The van der Waals surface area contributed by atoms with E-state index in [0.717, 1.165) is 32.1 Å². The van der Waals surface area contributed by atoms with E-state index in [9.17, 15) is 9.90 Å². The highest BCUT2D eigenvalue weighted by molar-refractivity contribution is 5.45. The SMILES string of the molecule is CC(C)(C)ON(C=O)[C@H]1CC[C@H](O)CC1. The van der Waals surface area contributed by atoms with Crippen molar-refractivity contribution in [3.63, 3.8) is 0 Å². The largest absolute Gasteiger partial charge is 0.393 e. The van der Waals surface area contributed by atoms with Crippen LogP contribution in [0.3, 0.4) is 0 Å². The van der Waals surface area contributed by atoms with Crippen LogP contribution in [0, 0.1) is 0 Å². The summed E-state index contributed by atoms with van der Waals surface area (Å²) in [7, 11) is 0. The molecule has 1 saturated carbocycles. The van der Waals surface area contributed by atoms with Crippen LogP contribution in [0.1, 0.15) is 46.5 Å². The number of rotatable bonds is 3. The molecule has 15 heavy (non-hydrogen) atoms. The van der Waals surface area contributed by atoms with Gasteiger partial charge >= 0.3 is 0 Å². The third-order valence-electron chi connectivity index (χ3n) is 2.51. The molecule has 1 N–H and O–H groups in total. The summed E-state index contributed by atoms with van der Waals surface area (Å²) in [6.45, 7) is 5.75. The normalized spacial score (nSPS) is 27.5. The Bertz CT molecular complexity index is 204. The fourth-order valence-electron chi connectivity index (χ4n) is 1.81. The summed E-state index contributed by atoms with van der Waals surface area (Å²) in [5.41, 5.74) is -0.350. The van der Waals surface area contributed by atoms with Crippen molar-refractivity contribution in [1.29, 1.82) is 0 Å². The molecule has 0 aliphatic heterocycles. The standard InChI is InChI=1S/C11H21NO3/c1-11(2,3)15-12(8-13)9-4-6-10(14)7-5-9/h8-10,14H,4-7H2,1-3H3/t9-,10-. The predicted octanol–water partition coefficient (Wildman–Crippen LogP) is 1.48. The van der Waals surface area contributed by atoms with Crippen molar-refractivity contribution < 1.29 is 14.7 Å². The number of aliphatic hydroxyl groups excluding tert-OH is 1. The van der Waals surface area contributed by atoms with Crippen LogP contribution in [-0.4, -0.2) is 34.3 Å². The zero-order valence-corrected chi connectivity index (χ0v) is 9.77. The van der Waals surface area contributed by atoms with Gasteiger partial charge in [0.1, 0.15) is 0 Å². The van der Waals surface area contributed by atoms with Gasteiger partial charge in [-0.25, -0.2) is 5.06 Å². The fraction of sp³-hybridized carbons (Fsp3) is 0.909. The highest BCUT2D eigenvalue weighted by Gasteiger charge is 2.27. The molecule has 0 heterocycles. The van der Waals surface area contributed by atoms with E-state index in [-0.39, 0.29) is 17.7 Å². The summed E-state index contributed by atoms with van der Waals surface area (Å²) in [4.78, 5) is 16.4. The molecule has 0 bridgehead atoms. The molecule has 1 rings (SSSR count). The molecule has 1 fully saturated rings. The number of hydrogen-bond acceptors (Lipinski definition) is 3. The van der Waals surface area contributed by atoms with Gasteiger partial charge in [0.2, 0.25) is 6.41 Å². The number of carbonyl (C=O) groups is 1. The lowest BCUT2D eigenvalue weighted by Crippen LogP contribution is -2.42. The molecule has 88 valence electrons. The lowest BCUT2D eigenvalue weighted by molar-refractivity contribution is -0.236. The third kappa shape index (κ3) is 4.18. The van der Waals surface area contributed by atoms with Gasteiger partial charge in [0.15, 0.2) is 0 Å². The quantitative estimate of drug-likeness (QED) is 0.573. The lowest BCUT2D eigenvalue weighted by Gasteiger charge is -2.35. The van der Waals surface area contributed by atoms with E-state index in [1.807, 2.05) is 20.8 Å². The minimum absolute atomic E-state index is 0.116. The van der Waals surface area contributed by atoms with Crippen molar-refractivity contribution in [3.8, 4) is 0 Å². The van der Waals surface area contributed by atoms with Crippen LogP contribution in [-0.2, 0) is 9.63 Å². The van der Waals surface area contributed by atoms with Crippen molar-refractivity contribution in [2.45, 2.75) is 64.2 Å². The van der Waals surface area contributed by atoms with Gasteiger partial charge in [-0.3, -0.25) is 9.63 Å². The maximum atomic E-state index is 10.9. The first-order valence-electron chi connectivity index (χ1n) is 5.53. The molecule has 0 spiro atoms. The van der Waals surface area contributed by atoms with Crippen molar-refractivity contribution in [1.82, 2.24) is 5.06 Å². The number of aliphatic hydroxyl groups is 1. The maximum Gasteiger partial charge on any atom is 0.233 e. The van der Waals surface area contributed by atoms with Crippen LogP contribution in [0.2, 0.25) is 0 Å². The van der Waals surface area contributed by atoms with E-state index >= 15 is 0 Å². The summed E-state index contributed by atoms with van der Waals surface area (Å²) in [6, 6.07) is 0.116. The monoisotopic (exact) mass is 215 g/mol. The Morgan fingerprint density at radius 2 is 1.80 bits per heavy atom. The third-order valence-corrected chi connectivity index (χ3v) is 2.51. The van der Waals surface area contributed by atoms with Crippen LogP contribution in [0.15, 0.2) is 0 Å². The summed E-state index contributed by atoms with van der Waals surface area (Å²) >= 11 is 0. The average Bonchev–Trinajstić information content (AvgIpc) is 2.14. The number of hydrogen-bond donors (Lipinski definition) is 1. The molecule has 0 unspecified atom stereocenters. The molecule has 0 aromatic carbocycles. The molecule has 0 radical (unpaired) electrons. The Morgan fingerprint density at radius 1 is 1.27 bits per heavy atom. The van der Waals surface area contributed by atoms with Gasteiger partial charge in [0.05, 0.1) is 17.7 Å². The van der Waals surface area contributed by atoms with E-state index in [2.05, 4.69) is 0 Å². The van der Waals surface area contributed by atoms with Gasteiger partial charge in [0, 0.05) is 0 Å². The van der Waals surface area contributed by atoms with Gasteiger partial charge in [-0.05, 0) is 46.5 Å². The van der Waals surface area contributed by atoms with Crippen LogP contribution < -0.4 is 0 Å². The van der Waals surface area contributed by atoms with Crippen LogP contribution in [0.25, 0.3) is 0 Å². The highest BCUT2D eigenvalue weighted by Crippen LogP contribution is 2.24. The minimum atomic E-state index is -0.350. The first-order chi connectivity index (χ1) is 6.92. The molecule has 0 saturated heterocycles. The number of carbonyl (C=O) groups excluding carboxylic acids is 1. The Balaban J connectivity index is 2.48. The predicted molar refractivity (Wildman–Crippen MR) is 57.0 cm³/mol.